The number of rotatable bonds is 45. The van der Waals surface area contributed by atoms with Crippen LogP contribution in [0.15, 0.2) is 0 Å². The molecule has 0 fully saturated rings. The van der Waals surface area contributed by atoms with Crippen LogP contribution in [0.4, 0.5) is 0 Å². The van der Waals surface area contributed by atoms with Crippen molar-refractivity contribution < 1.29 is 23.9 Å². The average molecular weight is 821 g/mol. The van der Waals surface area contributed by atoms with Gasteiger partial charge in [-0.3, -0.25) is 14.4 Å². The molecule has 0 aliphatic carbocycles. The van der Waals surface area contributed by atoms with E-state index in [0.717, 1.165) is 38.5 Å². The van der Waals surface area contributed by atoms with Crippen LogP contribution in [0.2, 0.25) is 0 Å². The van der Waals surface area contributed by atoms with E-state index in [0.29, 0.717) is 44.4 Å². The van der Waals surface area contributed by atoms with Crippen LogP contribution in [-0.4, -0.2) is 62.6 Å². The molecule has 0 bridgehead atoms. The fourth-order valence-electron chi connectivity index (χ4n) is 8.35. The van der Waals surface area contributed by atoms with Crippen LogP contribution in [0.25, 0.3) is 0 Å². The average Bonchev–Trinajstić information content (AvgIpc) is 3.18. The lowest BCUT2D eigenvalue weighted by Gasteiger charge is -2.20. The molecular formula is C51H100N2O5. The van der Waals surface area contributed by atoms with Crippen LogP contribution in [0, 0.1) is 11.8 Å². The van der Waals surface area contributed by atoms with Crippen LogP contribution >= 0.6 is 0 Å². The van der Waals surface area contributed by atoms with Crippen molar-refractivity contribution in [1.82, 2.24) is 10.2 Å². The molecule has 0 aromatic carbocycles. The van der Waals surface area contributed by atoms with Gasteiger partial charge in [0.1, 0.15) is 0 Å². The van der Waals surface area contributed by atoms with E-state index < -0.39 is 0 Å². The number of unbranched alkanes of at least 4 members (excludes halogenated alkanes) is 22. The fraction of sp³-hybridized carbons (Fsp3) is 0.941. The van der Waals surface area contributed by atoms with Gasteiger partial charge in [-0.15, -0.1) is 0 Å². The third-order valence-electron chi connectivity index (χ3n) is 12.0. The molecule has 0 saturated heterocycles. The molecular weight excluding hydrogens is 721 g/mol. The maximum atomic E-state index is 12.6. The van der Waals surface area contributed by atoms with Crippen molar-refractivity contribution >= 4 is 17.8 Å². The molecule has 0 aliphatic rings. The molecule has 1 N–H and O–H groups in total. The quantitative estimate of drug-likeness (QED) is 0.0486. The summed E-state index contributed by atoms with van der Waals surface area (Å²) < 4.78 is 11.3. The van der Waals surface area contributed by atoms with E-state index in [1.165, 1.54) is 180 Å². The van der Waals surface area contributed by atoms with E-state index in [1.807, 2.05) is 19.0 Å². The van der Waals surface area contributed by atoms with Crippen molar-refractivity contribution in [2.75, 3.05) is 33.9 Å². The molecule has 0 aliphatic heterocycles. The fourth-order valence-corrected chi connectivity index (χ4v) is 8.35. The number of ether oxygens (including phenoxy) is 2. The topological polar surface area (TPSA) is 84.9 Å². The third-order valence-corrected chi connectivity index (χ3v) is 12.0. The lowest BCUT2D eigenvalue weighted by molar-refractivity contribution is -0.146. The molecule has 0 spiro atoms. The zero-order valence-corrected chi connectivity index (χ0v) is 39.8. The Hall–Kier alpha value is -1.63. The Morgan fingerprint density at radius 3 is 1.02 bits per heavy atom. The Kier molecular flexibility index (Phi) is 42.2. The number of likely N-dealkylation sites (N-methyl/N-ethyl adjacent to an activating group) is 1. The zero-order valence-electron chi connectivity index (χ0n) is 39.8. The summed E-state index contributed by atoms with van der Waals surface area (Å²) in [5, 5.41) is 3.34. The maximum absolute atomic E-state index is 12.6. The Morgan fingerprint density at radius 1 is 0.414 bits per heavy atom. The van der Waals surface area contributed by atoms with Crippen molar-refractivity contribution in [3.8, 4) is 0 Å². The molecule has 1 amide bonds. The van der Waals surface area contributed by atoms with Crippen molar-refractivity contribution in [1.29, 1.82) is 0 Å². The van der Waals surface area contributed by atoms with E-state index in [2.05, 4.69) is 33.0 Å². The molecule has 0 radical (unpaired) electrons. The van der Waals surface area contributed by atoms with Gasteiger partial charge in [-0.1, -0.05) is 195 Å². The maximum Gasteiger partial charge on any atom is 0.306 e. The number of nitrogens with one attached hydrogen (secondary N) is 1. The first kappa shape index (κ1) is 56.4. The van der Waals surface area contributed by atoms with Crippen LogP contribution in [0.5, 0.6) is 0 Å². The van der Waals surface area contributed by atoms with E-state index in [4.69, 9.17) is 9.47 Å². The van der Waals surface area contributed by atoms with Gasteiger partial charge in [-0.05, 0) is 77.3 Å². The highest BCUT2D eigenvalue weighted by Gasteiger charge is 2.16. The molecule has 0 heterocycles. The Bertz CT molecular complexity index is 831. The Balaban J connectivity index is 4.08. The molecule has 58 heavy (non-hydrogen) atoms. The lowest BCUT2D eigenvalue weighted by atomic mass is 9.92. The molecule has 344 valence electrons. The van der Waals surface area contributed by atoms with Crippen molar-refractivity contribution in [2.24, 2.45) is 11.8 Å². The van der Waals surface area contributed by atoms with Crippen LogP contribution < -0.4 is 5.32 Å². The first-order valence-corrected chi connectivity index (χ1v) is 25.5. The summed E-state index contributed by atoms with van der Waals surface area (Å²) in [7, 11) is 3.91. The van der Waals surface area contributed by atoms with Gasteiger partial charge in [-0.25, -0.2) is 0 Å². The minimum absolute atomic E-state index is 0.0161. The number of carbonyl (C=O) groups is 3. The molecule has 0 rings (SSSR count). The predicted octanol–water partition coefficient (Wildman–Crippen LogP) is 14.5. The number of hydrogen-bond donors (Lipinski definition) is 1. The summed E-state index contributed by atoms with van der Waals surface area (Å²) in [6, 6.07) is 0.281. The van der Waals surface area contributed by atoms with Gasteiger partial charge in [-0.2, -0.15) is 0 Å². The van der Waals surface area contributed by atoms with Gasteiger partial charge in [0.05, 0.1) is 19.8 Å². The number of hydrogen-bond acceptors (Lipinski definition) is 6. The SMILES string of the molecule is CCCCCC(CCCCC)CC(=O)OCCCCCCCCCCC(CCCCCCCCCCOC(=O)CC(CCCCC)CCCCC)NC(=O)CN(C)C. The van der Waals surface area contributed by atoms with Crippen molar-refractivity contribution in [2.45, 2.75) is 265 Å². The van der Waals surface area contributed by atoms with E-state index in [1.54, 1.807) is 0 Å². The smallest absolute Gasteiger partial charge is 0.306 e. The summed E-state index contributed by atoms with van der Waals surface area (Å²) in [5.41, 5.74) is 0. The lowest BCUT2D eigenvalue weighted by Crippen LogP contribution is -2.40. The molecule has 0 aromatic rings. The summed E-state index contributed by atoms with van der Waals surface area (Å²) in [6.45, 7) is 10.6. The second-order valence-corrected chi connectivity index (χ2v) is 18.3. The van der Waals surface area contributed by atoms with Gasteiger partial charge < -0.3 is 19.7 Å². The Labute approximate surface area is 361 Å². The highest BCUT2D eigenvalue weighted by molar-refractivity contribution is 5.78. The predicted molar refractivity (Wildman–Crippen MR) is 248 cm³/mol. The number of amides is 1. The minimum atomic E-state index is 0.0161. The largest absolute Gasteiger partial charge is 0.466 e. The summed E-state index contributed by atoms with van der Waals surface area (Å²) in [5.74, 6) is 1.18. The number of carbonyl (C=O) groups excluding carboxylic acids is 3. The molecule has 0 atom stereocenters. The van der Waals surface area contributed by atoms with Crippen LogP contribution in [-0.2, 0) is 23.9 Å². The number of esters is 2. The van der Waals surface area contributed by atoms with Gasteiger partial charge in [0.15, 0.2) is 0 Å². The van der Waals surface area contributed by atoms with Crippen LogP contribution in [0.1, 0.15) is 259 Å². The van der Waals surface area contributed by atoms with Gasteiger partial charge in [0.2, 0.25) is 5.91 Å². The van der Waals surface area contributed by atoms with E-state index in [9.17, 15) is 14.4 Å². The first-order chi connectivity index (χ1) is 28.2. The second-order valence-electron chi connectivity index (χ2n) is 18.3. The zero-order chi connectivity index (χ0) is 42.7. The van der Waals surface area contributed by atoms with Crippen molar-refractivity contribution in [3.05, 3.63) is 0 Å². The Morgan fingerprint density at radius 2 is 0.707 bits per heavy atom. The normalized spacial score (nSPS) is 11.7. The standard InChI is InChI=1S/C51H100N2O5/c1-7-11-27-35-46(36-28-12-8-2)43-50(55)57-41-33-25-21-17-15-19-23-31-39-48(52-49(54)45-53(5)6)40-32-24-20-16-18-22-26-34-42-58-51(56)44-47(37-29-13-9-3)38-30-14-10-4/h46-48H,7-45H2,1-6H3,(H,52,54). The highest BCUT2D eigenvalue weighted by atomic mass is 16.5. The first-order valence-electron chi connectivity index (χ1n) is 25.5. The van der Waals surface area contributed by atoms with E-state index >= 15 is 0 Å². The molecule has 7 nitrogen and oxygen atoms in total. The summed E-state index contributed by atoms with van der Waals surface area (Å²) in [6.07, 6.45) is 42.0. The molecule has 0 aromatic heterocycles. The van der Waals surface area contributed by atoms with Crippen molar-refractivity contribution in [3.63, 3.8) is 0 Å². The van der Waals surface area contributed by atoms with Gasteiger partial charge >= 0.3 is 11.9 Å². The molecule has 0 saturated carbocycles. The molecule has 0 unspecified atom stereocenters. The molecule has 7 heteroatoms. The highest BCUT2D eigenvalue weighted by Crippen LogP contribution is 2.23. The minimum Gasteiger partial charge on any atom is -0.466 e. The van der Waals surface area contributed by atoms with Crippen LogP contribution in [0.3, 0.4) is 0 Å². The number of nitrogens with zero attached hydrogens (tertiary/aromatic N) is 1. The monoisotopic (exact) mass is 821 g/mol. The van der Waals surface area contributed by atoms with Gasteiger partial charge in [0, 0.05) is 18.9 Å². The van der Waals surface area contributed by atoms with Gasteiger partial charge in [0.25, 0.3) is 0 Å². The summed E-state index contributed by atoms with van der Waals surface area (Å²) in [4.78, 5) is 39.5. The second kappa shape index (κ2) is 43.5. The van der Waals surface area contributed by atoms with E-state index in [-0.39, 0.29) is 23.9 Å². The summed E-state index contributed by atoms with van der Waals surface area (Å²) >= 11 is 0. The third kappa shape index (κ3) is 39.8.